The summed E-state index contributed by atoms with van der Waals surface area (Å²) in [6.07, 6.45) is 0.420. The first-order valence-corrected chi connectivity index (χ1v) is 5.18. The van der Waals surface area contributed by atoms with Gasteiger partial charge in [0.1, 0.15) is 5.54 Å². The maximum atomic E-state index is 10.9. The first-order valence-electron chi connectivity index (χ1n) is 4.42. The molecule has 1 aromatic rings. The smallest absolute Gasteiger partial charge is 0.324 e. The molecule has 3 nitrogen and oxygen atoms in total. The van der Waals surface area contributed by atoms with Crippen molar-refractivity contribution < 1.29 is 9.90 Å². The van der Waals surface area contributed by atoms with Crippen molar-refractivity contribution in [2.24, 2.45) is 5.73 Å². The number of nitrogens with two attached hydrogens (primary N) is 1. The Kier molecular flexibility index (Phi) is 2.41. The highest BCUT2D eigenvalue weighted by Crippen LogP contribution is 2.51. The fourth-order valence-corrected chi connectivity index (χ4v) is 2.23. The van der Waals surface area contributed by atoms with Crippen LogP contribution >= 0.6 is 23.2 Å². The summed E-state index contributed by atoms with van der Waals surface area (Å²) in [6.45, 7) is 0. The molecule has 0 spiro atoms. The lowest BCUT2D eigenvalue weighted by molar-refractivity contribution is -0.139. The first kappa shape index (κ1) is 10.7. The third-order valence-electron chi connectivity index (χ3n) is 2.74. The van der Waals surface area contributed by atoms with E-state index in [1.165, 1.54) is 0 Å². The number of hydrogen-bond acceptors (Lipinski definition) is 2. The van der Waals surface area contributed by atoms with Crippen molar-refractivity contribution in [3.05, 3.63) is 33.8 Å². The van der Waals surface area contributed by atoms with E-state index < -0.39 is 11.5 Å². The van der Waals surface area contributed by atoms with E-state index in [0.29, 0.717) is 16.5 Å². The summed E-state index contributed by atoms with van der Waals surface area (Å²) in [5.74, 6) is -1.20. The van der Waals surface area contributed by atoms with Gasteiger partial charge in [-0.2, -0.15) is 0 Å². The van der Waals surface area contributed by atoms with Crippen LogP contribution in [-0.2, 0) is 4.79 Å². The second-order valence-corrected chi connectivity index (χ2v) is 4.61. The van der Waals surface area contributed by atoms with E-state index in [4.69, 9.17) is 34.0 Å². The van der Waals surface area contributed by atoms with Crippen molar-refractivity contribution in [2.75, 3.05) is 0 Å². The zero-order valence-corrected chi connectivity index (χ0v) is 9.22. The molecule has 1 fully saturated rings. The Morgan fingerprint density at radius 3 is 2.67 bits per heavy atom. The van der Waals surface area contributed by atoms with Crippen LogP contribution in [0.5, 0.6) is 0 Å². The molecule has 2 rings (SSSR count). The molecule has 0 radical (unpaired) electrons. The fourth-order valence-electron chi connectivity index (χ4n) is 1.69. The molecular formula is C10H9Cl2NO2. The summed E-state index contributed by atoms with van der Waals surface area (Å²) in [5, 5.41) is 9.90. The van der Waals surface area contributed by atoms with Crippen LogP contribution < -0.4 is 5.73 Å². The van der Waals surface area contributed by atoms with Gasteiger partial charge in [-0.25, -0.2) is 0 Å². The predicted molar refractivity (Wildman–Crippen MR) is 58.4 cm³/mol. The second kappa shape index (κ2) is 3.37. The van der Waals surface area contributed by atoms with Gasteiger partial charge >= 0.3 is 5.97 Å². The molecule has 1 aliphatic carbocycles. The quantitative estimate of drug-likeness (QED) is 0.841. The molecule has 2 atom stereocenters. The third kappa shape index (κ3) is 1.71. The molecule has 0 bridgehead atoms. The molecule has 3 N–H and O–H groups in total. The summed E-state index contributed by atoms with van der Waals surface area (Å²) in [7, 11) is 0. The van der Waals surface area contributed by atoms with Gasteiger partial charge < -0.3 is 10.8 Å². The van der Waals surface area contributed by atoms with E-state index >= 15 is 0 Å². The number of hydrogen-bond donors (Lipinski definition) is 2. The second-order valence-electron chi connectivity index (χ2n) is 3.77. The number of carboxylic acids is 1. The molecule has 0 saturated heterocycles. The summed E-state index contributed by atoms with van der Waals surface area (Å²) in [4.78, 5) is 10.9. The highest BCUT2D eigenvalue weighted by atomic mass is 35.5. The molecule has 1 aromatic carbocycles. The van der Waals surface area contributed by atoms with Gasteiger partial charge in [0.2, 0.25) is 0 Å². The third-order valence-corrected chi connectivity index (χ3v) is 3.30. The van der Waals surface area contributed by atoms with Crippen LogP contribution in [0.2, 0.25) is 10.0 Å². The predicted octanol–water partition coefficient (Wildman–Crippen LogP) is 2.26. The van der Waals surface area contributed by atoms with Gasteiger partial charge in [-0.15, -0.1) is 0 Å². The van der Waals surface area contributed by atoms with Crippen LogP contribution in [0.25, 0.3) is 0 Å². The van der Waals surface area contributed by atoms with Crippen molar-refractivity contribution in [3.8, 4) is 0 Å². The lowest BCUT2D eigenvalue weighted by Gasteiger charge is -2.07. The molecule has 80 valence electrons. The van der Waals surface area contributed by atoms with E-state index in [-0.39, 0.29) is 5.92 Å². The summed E-state index contributed by atoms with van der Waals surface area (Å²) in [5.41, 5.74) is 5.28. The number of halogens is 2. The minimum Gasteiger partial charge on any atom is -0.480 e. The highest BCUT2D eigenvalue weighted by Gasteiger charge is 2.58. The minimum atomic E-state index is -1.16. The first-order chi connectivity index (χ1) is 6.95. The largest absolute Gasteiger partial charge is 0.480 e. The maximum Gasteiger partial charge on any atom is 0.324 e. The molecule has 0 aromatic heterocycles. The molecule has 1 saturated carbocycles. The average molecular weight is 246 g/mol. The van der Waals surface area contributed by atoms with Gasteiger partial charge in [-0.3, -0.25) is 4.79 Å². The van der Waals surface area contributed by atoms with E-state index in [2.05, 4.69) is 0 Å². The van der Waals surface area contributed by atoms with Gasteiger partial charge in [-0.1, -0.05) is 29.3 Å². The molecule has 1 aliphatic rings. The number of rotatable bonds is 2. The van der Waals surface area contributed by atoms with Crippen LogP contribution in [0, 0.1) is 0 Å². The highest BCUT2D eigenvalue weighted by molar-refractivity contribution is 6.35. The molecular weight excluding hydrogens is 237 g/mol. The topological polar surface area (TPSA) is 63.3 Å². The maximum absolute atomic E-state index is 10.9. The number of carboxylic acid groups (broad SMARTS) is 1. The van der Waals surface area contributed by atoms with Gasteiger partial charge in [-0.05, 0) is 24.1 Å². The van der Waals surface area contributed by atoms with E-state index in [9.17, 15) is 4.79 Å². The Morgan fingerprint density at radius 2 is 2.20 bits per heavy atom. The van der Waals surface area contributed by atoms with Crippen molar-refractivity contribution >= 4 is 29.2 Å². The zero-order valence-electron chi connectivity index (χ0n) is 7.71. The normalized spacial score (nSPS) is 28.9. The molecule has 5 heteroatoms. The van der Waals surface area contributed by atoms with Gasteiger partial charge in [0.05, 0.1) is 0 Å². The Morgan fingerprint density at radius 1 is 1.53 bits per heavy atom. The van der Waals surface area contributed by atoms with E-state index in [1.807, 2.05) is 0 Å². The molecule has 2 unspecified atom stereocenters. The minimum absolute atomic E-state index is 0.209. The van der Waals surface area contributed by atoms with Gasteiger partial charge in [0.15, 0.2) is 0 Å². The van der Waals surface area contributed by atoms with E-state index in [1.54, 1.807) is 18.2 Å². The van der Waals surface area contributed by atoms with Crippen molar-refractivity contribution in [1.82, 2.24) is 0 Å². The standard InChI is InChI=1S/C10H9Cl2NO2/c11-5-1-2-6(8(12)3-5)7-4-10(7,13)9(14)15/h1-3,7H,4,13H2,(H,14,15). The van der Waals surface area contributed by atoms with Crippen molar-refractivity contribution in [3.63, 3.8) is 0 Å². The Bertz CT molecular complexity index is 435. The van der Waals surface area contributed by atoms with Crippen molar-refractivity contribution in [2.45, 2.75) is 17.9 Å². The molecule has 0 heterocycles. The Hall–Kier alpha value is -0.770. The van der Waals surface area contributed by atoms with E-state index in [0.717, 1.165) is 5.56 Å². The number of benzene rings is 1. The molecule has 0 aliphatic heterocycles. The molecule has 15 heavy (non-hydrogen) atoms. The fraction of sp³-hybridized carbons (Fsp3) is 0.300. The average Bonchev–Trinajstić information content (AvgIpc) is 2.79. The van der Waals surface area contributed by atoms with Crippen LogP contribution in [0.4, 0.5) is 0 Å². The zero-order chi connectivity index (χ0) is 11.2. The number of carbonyl (C=O) groups is 1. The van der Waals surface area contributed by atoms with Crippen molar-refractivity contribution in [1.29, 1.82) is 0 Å². The lowest BCUT2D eigenvalue weighted by Crippen LogP contribution is -2.34. The van der Waals surface area contributed by atoms with Crippen LogP contribution in [0.15, 0.2) is 18.2 Å². The Balaban J connectivity index is 2.31. The summed E-state index contributed by atoms with van der Waals surface area (Å²) in [6, 6.07) is 5.01. The molecule has 0 amide bonds. The monoisotopic (exact) mass is 245 g/mol. The number of aliphatic carboxylic acids is 1. The lowest BCUT2D eigenvalue weighted by atomic mass is 10.1. The van der Waals surface area contributed by atoms with Crippen LogP contribution in [-0.4, -0.2) is 16.6 Å². The van der Waals surface area contributed by atoms with Crippen LogP contribution in [0.3, 0.4) is 0 Å². The Labute approximate surface area is 96.8 Å². The summed E-state index contributed by atoms with van der Waals surface area (Å²) < 4.78 is 0. The van der Waals surface area contributed by atoms with Gasteiger partial charge in [0, 0.05) is 16.0 Å². The SMILES string of the molecule is NC1(C(=O)O)CC1c1ccc(Cl)cc1Cl. The van der Waals surface area contributed by atoms with Crippen LogP contribution in [0.1, 0.15) is 17.9 Å². The van der Waals surface area contributed by atoms with Gasteiger partial charge in [0.25, 0.3) is 0 Å². The summed E-state index contributed by atoms with van der Waals surface area (Å²) >= 11 is 11.7.